The van der Waals surface area contributed by atoms with Gasteiger partial charge in [-0.05, 0) is 49.9 Å². The highest BCUT2D eigenvalue weighted by Gasteiger charge is 2.41. The molecule has 1 aromatic carbocycles. The van der Waals surface area contributed by atoms with Crippen LogP contribution < -0.4 is 15.8 Å². The first-order chi connectivity index (χ1) is 11.6. The van der Waals surface area contributed by atoms with Crippen LogP contribution in [0.4, 0.5) is 0 Å². The number of amides is 1. The van der Waals surface area contributed by atoms with Gasteiger partial charge in [0, 0.05) is 30.1 Å². The fourth-order valence-electron chi connectivity index (χ4n) is 2.75. The van der Waals surface area contributed by atoms with E-state index in [1.807, 2.05) is 31.2 Å². The third kappa shape index (κ3) is 5.59. The first-order valence-electron chi connectivity index (χ1n) is 8.25. The van der Waals surface area contributed by atoms with Crippen LogP contribution in [0.1, 0.15) is 35.7 Å². The van der Waals surface area contributed by atoms with Gasteiger partial charge in [0.2, 0.25) is 0 Å². The van der Waals surface area contributed by atoms with Crippen molar-refractivity contribution in [2.24, 2.45) is 11.7 Å². The third-order valence-corrected chi connectivity index (χ3v) is 4.53. The molecule has 7 heteroatoms. The molecule has 1 aliphatic carbocycles. The molecule has 1 unspecified atom stereocenters. The van der Waals surface area contributed by atoms with Crippen LogP contribution in [0.25, 0.3) is 0 Å². The molecule has 3 rings (SSSR count). The van der Waals surface area contributed by atoms with Crippen LogP contribution in [0.15, 0.2) is 48.8 Å². The van der Waals surface area contributed by atoms with E-state index in [1.165, 1.54) is 0 Å². The molecule has 3 N–H and O–H groups in total. The van der Waals surface area contributed by atoms with Crippen molar-refractivity contribution in [1.82, 2.24) is 10.3 Å². The highest BCUT2D eigenvalue weighted by Crippen LogP contribution is 2.39. The summed E-state index contributed by atoms with van der Waals surface area (Å²) in [4.78, 5) is 16.6. The molecule has 142 valence electrons. The molecule has 1 aromatic heterocycles. The van der Waals surface area contributed by atoms with Gasteiger partial charge in [-0.3, -0.25) is 9.78 Å². The molecule has 0 bridgehead atoms. The SMILES string of the molecule is CC(CN)(NC(=O)c1cccc(OCc2cccnc2)c1)C1CC1.Cl.Cl. The van der Waals surface area contributed by atoms with Gasteiger partial charge < -0.3 is 15.8 Å². The lowest BCUT2D eigenvalue weighted by Gasteiger charge is -2.29. The first-order valence-corrected chi connectivity index (χ1v) is 8.25. The van der Waals surface area contributed by atoms with Crippen LogP contribution in [0.3, 0.4) is 0 Å². The second-order valence-electron chi connectivity index (χ2n) is 6.53. The average Bonchev–Trinajstić information content (AvgIpc) is 3.46. The predicted molar refractivity (Wildman–Crippen MR) is 107 cm³/mol. The number of hydrogen-bond acceptors (Lipinski definition) is 4. The summed E-state index contributed by atoms with van der Waals surface area (Å²) < 4.78 is 5.75. The molecular formula is C19H25Cl2N3O2. The highest BCUT2D eigenvalue weighted by molar-refractivity contribution is 5.95. The first kappa shape index (κ1) is 22.2. The molecular weight excluding hydrogens is 373 g/mol. The number of carbonyl (C=O) groups is 1. The lowest BCUT2D eigenvalue weighted by Crippen LogP contribution is -2.53. The van der Waals surface area contributed by atoms with Crippen LogP contribution in [0.5, 0.6) is 5.75 Å². The molecule has 0 saturated heterocycles. The van der Waals surface area contributed by atoms with E-state index < -0.39 is 0 Å². The van der Waals surface area contributed by atoms with Crippen molar-refractivity contribution >= 4 is 30.7 Å². The Morgan fingerprint density at radius 3 is 2.69 bits per heavy atom. The van der Waals surface area contributed by atoms with Gasteiger partial charge in [-0.25, -0.2) is 0 Å². The molecule has 1 saturated carbocycles. The monoisotopic (exact) mass is 397 g/mol. The van der Waals surface area contributed by atoms with Gasteiger partial charge in [-0.2, -0.15) is 0 Å². The quantitative estimate of drug-likeness (QED) is 0.750. The lowest BCUT2D eigenvalue weighted by molar-refractivity contribution is 0.0897. The van der Waals surface area contributed by atoms with Crippen molar-refractivity contribution in [2.75, 3.05) is 6.54 Å². The van der Waals surface area contributed by atoms with E-state index in [2.05, 4.69) is 10.3 Å². The average molecular weight is 398 g/mol. The van der Waals surface area contributed by atoms with Crippen LogP contribution in [-0.4, -0.2) is 23.0 Å². The Bertz CT molecular complexity index is 711. The van der Waals surface area contributed by atoms with E-state index in [-0.39, 0.29) is 36.3 Å². The normalized spacial score (nSPS) is 15.0. The maximum absolute atomic E-state index is 12.5. The molecule has 5 nitrogen and oxygen atoms in total. The minimum atomic E-state index is -0.330. The van der Waals surface area contributed by atoms with Gasteiger partial charge in [0.1, 0.15) is 12.4 Å². The predicted octanol–water partition coefficient (Wildman–Crippen LogP) is 3.36. The van der Waals surface area contributed by atoms with Gasteiger partial charge in [0.15, 0.2) is 0 Å². The molecule has 1 fully saturated rings. The number of nitrogens with zero attached hydrogens (tertiary/aromatic N) is 1. The zero-order valence-electron chi connectivity index (χ0n) is 14.7. The molecule has 0 radical (unpaired) electrons. The van der Waals surface area contributed by atoms with Gasteiger partial charge in [-0.15, -0.1) is 24.8 Å². The topological polar surface area (TPSA) is 77.2 Å². The highest BCUT2D eigenvalue weighted by atomic mass is 35.5. The van der Waals surface area contributed by atoms with Gasteiger partial charge in [-0.1, -0.05) is 12.1 Å². The van der Waals surface area contributed by atoms with Crippen molar-refractivity contribution in [3.63, 3.8) is 0 Å². The van der Waals surface area contributed by atoms with Crippen molar-refractivity contribution in [1.29, 1.82) is 0 Å². The summed E-state index contributed by atoms with van der Waals surface area (Å²) in [6.45, 7) is 2.88. The largest absolute Gasteiger partial charge is 0.489 e. The van der Waals surface area contributed by atoms with E-state index in [0.29, 0.717) is 30.4 Å². The number of nitrogens with two attached hydrogens (primary N) is 1. The van der Waals surface area contributed by atoms with Crippen LogP contribution in [-0.2, 0) is 6.61 Å². The number of halogens is 2. The fraction of sp³-hybridized carbons (Fsp3) is 0.368. The number of benzene rings is 1. The summed E-state index contributed by atoms with van der Waals surface area (Å²) in [7, 11) is 0. The number of rotatable bonds is 7. The Kier molecular flexibility index (Phi) is 8.34. The van der Waals surface area contributed by atoms with Crippen LogP contribution in [0, 0.1) is 5.92 Å². The molecule has 0 aliphatic heterocycles. The van der Waals surface area contributed by atoms with E-state index in [1.54, 1.807) is 24.5 Å². The summed E-state index contributed by atoms with van der Waals surface area (Å²) >= 11 is 0. The molecule has 2 aromatic rings. The summed E-state index contributed by atoms with van der Waals surface area (Å²) in [5.74, 6) is 1.03. The Labute approximate surface area is 166 Å². The van der Waals surface area contributed by atoms with Crippen LogP contribution >= 0.6 is 24.8 Å². The summed E-state index contributed by atoms with van der Waals surface area (Å²) in [5, 5.41) is 3.09. The number of pyridine rings is 1. The Hall–Kier alpha value is -1.82. The lowest BCUT2D eigenvalue weighted by atomic mass is 9.95. The number of aromatic nitrogens is 1. The minimum absolute atomic E-state index is 0. The number of carbonyl (C=O) groups excluding carboxylic acids is 1. The van der Waals surface area contributed by atoms with Crippen LogP contribution in [0.2, 0.25) is 0 Å². The third-order valence-electron chi connectivity index (χ3n) is 4.53. The van der Waals surface area contributed by atoms with Crippen molar-refractivity contribution in [3.05, 3.63) is 59.9 Å². The summed E-state index contributed by atoms with van der Waals surface area (Å²) in [6.07, 6.45) is 5.74. The Morgan fingerprint density at radius 2 is 2.08 bits per heavy atom. The second kappa shape index (κ2) is 9.76. The number of ether oxygens (including phenoxy) is 1. The van der Waals surface area contributed by atoms with Gasteiger partial charge in [0.05, 0.1) is 5.54 Å². The van der Waals surface area contributed by atoms with E-state index in [4.69, 9.17) is 10.5 Å². The smallest absolute Gasteiger partial charge is 0.251 e. The maximum atomic E-state index is 12.5. The van der Waals surface area contributed by atoms with Crippen molar-refractivity contribution in [3.8, 4) is 5.75 Å². The summed E-state index contributed by atoms with van der Waals surface area (Å²) in [5.41, 5.74) is 7.11. The van der Waals surface area contributed by atoms with E-state index in [0.717, 1.165) is 18.4 Å². The summed E-state index contributed by atoms with van der Waals surface area (Å²) in [6, 6.07) is 11.0. The molecule has 1 heterocycles. The standard InChI is InChI=1S/C19H23N3O2.2ClH/c1-19(13-20,16-7-8-16)22-18(23)15-5-2-6-17(10-15)24-12-14-4-3-9-21-11-14;;/h2-6,9-11,16H,7-8,12-13,20H2,1H3,(H,22,23);2*1H. The molecule has 1 atom stereocenters. The molecule has 1 amide bonds. The zero-order chi connectivity index (χ0) is 17.0. The van der Waals surface area contributed by atoms with E-state index >= 15 is 0 Å². The van der Waals surface area contributed by atoms with Crippen molar-refractivity contribution < 1.29 is 9.53 Å². The Balaban J connectivity index is 0.00000169. The zero-order valence-corrected chi connectivity index (χ0v) is 16.3. The number of nitrogens with one attached hydrogen (secondary N) is 1. The van der Waals surface area contributed by atoms with Crippen molar-refractivity contribution in [2.45, 2.75) is 31.9 Å². The number of hydrogen-bond donors (Lipinski definition) is 2. The van der Waals surface area contributed by atoms with E-state index in [9.17, 15) is 4.79 Å². The minimum Gasteiger partial charge on any atom is -0.489 e. The van der Waals surface area contributed by atoms with Gasteiger partial charge >= 0.3 is 0 Å². The van der Waals surface area contributed by atoms with Gasteiger partial charge in [0.25, 0.3) is 5.91 Å². The fourth-order valence-corrected chi connectivity index (χ4v) is 2.75. The second-order valence-corrected chi connectivity index (χ2v) is 6.53. The molecule has 1 aliphatic rings. The maximum Gasteiger partial charge on any atom is 0.251 e. The molecule has 0 spiro atoms. The Morgan fingerprint density at radius 1 is 1.31 bits per heavy atom. The molecule has 26 heavy (non-hydrogen) atoms.